The van der Waals surface area contributed by atoms with Gasteiger partial charge in [-0.25, -0.2) is 4.79 Å². The van der Waals surface area contributed by atoms with Crippen molar-refractivity contribution in [3.05, 3.63) is 52.8 Å². The highest BCUT2D eigenvalue weighted by molar-refractivity contribution is 5.80. The van der Waals surface area contributed by atoms with E-state index in [0.29, 0.717) is 38.2 Å². The van der Waals surface area contributed by atoms with Crippen LogP contribution in [0.1, 0.15) is 49.7 Å². The number of carbonyl (C=O) groups excluding carboxylic acids is 1. The van der Waals surface area contributed by atoms with Crippen molar-refractivity contribution in [2.45, 2.75) is 52.3 Å². The maximum atomic E-state index is 12.4. The Bertz CT molecular complexity index is 946. The van der Waals surface area contributed by atoms with Gasteiger partial charge in [0.05, 0.1) is 30.7 Å². The van der Waals surface area contributed by atoms with Crippen molar-refractivity contribution in [2.75, 3.05) is 6.54 Å². The van der Waals surface area contributed by atoms with Crippen molar-refractivity contribution in [1.82, 2.24) is 14.7 Å². The van der Waals surface area contributed by atoms with Gasteiger partial charge in [0.15, 0.2) is 0 Å². The minimum absolute atomic E-state index is 0.350. The summed E-state index contributed by atoms with van der Waals surface area (Å²) in [6, 6.07) is 9.81. The Hall–Kier alpha value is -3.27. The fraction of sp³-hybridized carbons (Fsp3) is 0.409. The van der Waals surface area contributed by atoms with Crippen LogP contribution in [0, 0.1) is 11.8 Å². The molecule has 1 aliphatic heterocycles. The molecule has 0 spiro atoms. The summed E-state index contributed by atoms with van der Waals surface area (Å²) in [5.41, 5.74) is 2.91. The molecular weight excluding hydrogens is 368 g/mol. The minimum atomic E-state index is -0.547. The number of aromatic nitrogens is 2. The third-order valence-electron chi connectivity index (χ3n) is 4.43. The molecule has 0 radical (unpaired) electrons. The lowest BCUT2D eigenvalue weighted by Gasteiger charge is -2.29. The third-order valence-corrected chi connectivity index (χ3v) is 4.43. The van der Waals surface area contributed by atoms with E-state index in [0.717, 1.165) is 16.8 Å². The Morgan fingerprint density at radius 2 is 2.10 bits per heavy atom. The Morgan fingerprint density at radius 1 is 1.34 bits per heavy atom. The summed E-state index contributed by atoms with van der Waals surface area (Å²) >= 11 is 0. The molecule has 2 heterocycles. The quantitative estimate of drug-likeness (QED) is 0.374. The molecule has 7 nitrogen and oxygen atoms in total. The summed E-state index contributed by atoms with van der Waals surface area (Å²) in [4.78, 5) is 14.1. The van der Waals surface area contributed by atoms with Crippen LogP contribution in [0.15, 0.2) is 35.5 Å². The Balaban J connectivity index is 1.73. The molecule has 1 amide bonds. The van der Waals surface area contributed by atoms with Crippen molar-refractivity contribution in [3.8, 4) is 11.8 Å². The summed E-state index contributed by atoms with van der Waals surface area (Å²) in [5, 5.41) is 17.0. The number of benzene rings is 1. The van der Waals surface area contributed by atoms with Crippen molar-refractivity contribution in [3.63, 3.8) is 0 Å². The molecule has 0 atom stereocenters. The Morgan fingerprint density at radius 3 is 2.79 bits per heavy atom. The fourth-order valence-corrected chi connectivity index (χ4v) is 3.15. The molecule has 29 heavy (non-hydrogen) atoms. The van der Waals surface area contributed by atoms with E-state index in [1.807, 2.05) is 51.1 Å². The first kappa shape index (κ1) is 20.5. The van der Waals surface area contributed by atoms with Gasteiger partial charge in [0.25, 0.3) is 0 Å². The van der Waals surface area contributed by atoms with Crippen molar-refractivity contribution < 1.29 is 14.7 Å². The molecule has 0 saturated carbocycles. The first-order chi connectivity index (χ1) is 13.9. The average molecular weight is 394 g/mol. The van der Waals surface area contributed by atoms with Crippen LogP contribution in [0.3, 0.4) is 0 Å². The molecule has 1 aromatic heterocycles. The number of hydrogen-bond acceptors (Lipinski definition) is 5. The van der Waals surface area contributed by atoms with Gasteiger partial charge in [0.2, 0.25) is 0 Å². The number of hydrogen-bond donors (Lipinski definition) is 1. The third kappa shape index (κ3) is 5.38. The standard InChI is InChI=1S/C22H26N4O3/c1-22(2,3)29-21(27)25-14-12-19-18(16-25)20(15-23-28)26(24-19)13-8-7-11-17-9-5-4-6-10-17/h4-6,9-10,15,28H,8,12-14,16H2,1-3H3/b23-15-. The Kier molecular flexibility index (Phi) is 6.23. The van der Waals surface area contributed by atoms with E-state index in [-0.39, 0.29) is 6.09 Å². The molecule has 7 heteroatoms. The molecule has 1 aliphatic rings. The predicted octanol–water partition coefficient (Wildman–Crippen LogP) is 3.43. The van der Waals surface area contributed by atoms with Crippen LogP contribution in [0.2, 0.25) is 0 Å². The number of oxime groups is 1. The highest BCUT2D eigenvalue weighted by Gasteiger charge is 2.29. The molecule has 0 bridgehead atoms. The Labute approximate surface area is 171 Å². The second-order valence-electron chi connectivity index (χ2n) is 7.85. The van der Waals surface area contributed by atoms with Crippen LogP contribution in [0.4, 0.5) is 4.79 Å². The topological polar surface area (TPSA) is 80.0 Å². The number of carbonyl (C=O) groups is 1. The van der Waals surface area contributed by atoms with Crippen molar-refractivity contribution in [1.29, 1.82) is 0 Å². The van der Waals surface area contributed by atoms with Crippen molar-refractivity contribution >= 4 is 12.3 Å². The van der Waals surface area contributed by atoms with Gasteiger partial charge in [-0.15, -0.1) is 0 Å². The lowest BCUT2D eigenvalue weighted by molar-refractivity contribution is 0.0223. The molecule has 0 fully saturated rings. The second kappa shape index (κ2) is 8.82. The average Bonchev–Trinajstić information content (AvgIpc) is 3.02. The van der Waals surface area contributed by atoms with Gasteiger partial charge >= 0.3 is 6.09 Å². The van der Waals surface area contributed by atoms with Gasteiger partial charge in [-0.2, -0.15) is 5.10 Å². The van der Waals surface area contributed by atoms with Crippen LogP contribution in [0.5, 0.6) is 0 Å². The first-order valence-corrected chi connectivity index (χ1v) is 9.65. The summed E-state index contributed by atoms with van der Waals surface area (Å²) in [7, 11) is 0. The molecule has 0 saturated heterocycles. The van der Waals surface area contributed by atoms with E-state index >= 15 is 0 Å². The van der Waals surface area contributed by atoms with E-state index in [1.54, 1.807) is 9.58 Å². The molecule has 2 aromatic rings. The number of fused-ring (bicyclic) bond motifs is 1. The molecule has 3 rings (SSSR count). The van der Waals surface area contributed by atoms with Crippen LogP contribution in [-0.2, 0) is 24.2 Å². The molecule has 0 aliphatic carbocycles. The molecule has 1 aromatic carbocycles. The molecule has 0 unspecified atom stereocenters. The number of nitrogens with zero attached hydrogens (tertiary/aromatic N) is 4. The molecule has 152 valence electrons. The van der Waals surface area contributed by atoms with Crippen LogP contribution in [0.25, 0.3) is 0 Å². The van der Waals surface area contributed by atoms with E-state index < -0.39 is 5.60 Å². The van der Waals surface area contributed by atoms with Gasteiger partial charge in [-0.1, -0.05) is 35.2 Å². The highest BCUT2D eigenvalue weighted by atomic mass is 16.6. The monoisotopic (exact) mass is 394 g/mol. The van der Waals surface area contributed by atoms with Gasteiger partial charge < -0.3 is 14.8 Å². The number of aryl methyl sites for hydroxylation is 1. The van der Waals surface area contributed by atoms with Crippen LogP contribution in [-0.4, -0.2) is 44.3 Å². The van der Waals surface area contributed by atoms with Crippen LogP contribution >= 0.6 is 0 Å². The lowest BCUT2D eigenvalue weighted by atomic mass is 10.1. The van der Waals surface area contributed by atoms with E-state index in [2.05, 4.69) is 22.1 Å². The highest BCUT2D eigenvalue weighted by Crippen LogP contribution is 2.23. The lowest BCUT2D eigenvalue weighted by Crippen LogP contribution is -2.40. The summed E-state index contributed by atoms with van der Waals surface area (Å²) in [6.45, 7) is 7.03. The molecule has 1 N–H and O–H groups in total. The van der Waals surface area contributed by atoms with Gasteiger partial charge in [0.1, 0.15) is 5.60 Å². The number of ether oxygens (including phenoxy) is 1. The smallest absolute Gasteiger partial charge is 0.410 e. The zero-order chi connectivity index (χ0) is 20.9. The summed E-state index contributed by atoms with van der Waals surface area (Å²) in [5.74, 6) is 6.28. The van der Waals surface area contributed by atoms with Gasteiger partial charge in [0, 0.05) is 30.5 Å². The maximum absolute atomic E-state index is 12.4. The number of amides is 1. The van der Waals surface area contributed by atoms with E-state index in [4.69, 9.17) is 9.94 Å². The van der Waals surface area contributed by atoms with Crippen molar-refractivity contribution in [2.24, 2.45) is 5.16 Å². The predicted molar refractivity (Wildman–Crippen MR) is 110 cm³/mol. The summed E-state index contributed by atoms with van der Waals surface area (Å²) < 4.78 is 7.27. The largest absolute Gasteiger partial charge is 0.444 e. The number of rotatable bonds is 3. The zero-order valence-corrected chi connectivity index (χ0v) is 17.1. The zero-order valence-electron chi connectivity index (χ0n) is 17.1. The van der Waals surface area contributed by atoms with E-state index in [1.165, 1.54) is 6.21 Å². The maximum Gasteiger partial charge on any atom is 0.410 e. The van der Waals surface area contributed by atoms with E-state index in [9.17, 15) is 4.79 Å². The molecular formula is C22H26N4O3. The minimum Gasteiger partial charge on any atom is -0.444 e. The first-order valence-electron chi connectivity index (χ1n) is 9.65. The normalized spacial score (nSPS) is 13.7. The fourth-order valence-electron chi connectivity index (χ4n) is 3.15. The van der Waals surface area contributed by atoms with Gasteiger partial charge in [-0.05, 0) is 32.9 Å². The van der Waals surface area contributed by atoms with Crippen LogP contribution < -0.4 is 0 Å². The second-order valence-corrected chi connectivity index (χ2v) is 7.85. The van der Waals surface area contributed by atoms with Gasteiger partial charge in [-0.3, -0.25) is 4.68 Å². The summed E-state index contributed by atoms with van der Waals surface area (Å²) in [6.07, 6.45) is 2.26. The SMILES string of the molecule is CC(C)(C)OC(=O)N1CCc2nn(CCC#Cc3ccccc3)c(/C=N\O)c2C1.